The Bertz CT molecular complexity index is 442. The minimum Gasteiger partial charge on any atom is -0.411 e. The Morgan fingerprint density at radius 1 is 1.50 bits per heavy atom. The summed E-state index contributed by atoms with van der Waals surface area (Å²) in [7, 11) is 1.35. The van der Waals surface area contributed by atoms with Gasteiger partial charge in [0.05, 0.1) is 5.71 Å². The van der Waals surface area contributed by atoms with Crippen LogP contribution in [0.2, 0.25) is 0 Å². The molecule has 1 aromatic heterocycles. The third-order valence-corrected chi connectivity index (χ3v) is 2.67. The highest BCUT2D eigenvalue weighted by atomic mass is 19.4. The molecular weight excluding hydrogens is 251 g/mol. The molecule has 1 unspecified atom stereocenters. The van der Waals surface area contributed by atoms with Crippen LogP contribution >= 0.6 is 0 Å². The van der Waals surface area contributed by atoms with Crippen LogP contribution in [0.3, 0.4) is 0 Å². The third-order valence-electron chi connectivity index (χ3n) is 2.67. The van der Waals surface area contributed by atoms with E-state index in [0.29, 0.717) is 0 Å². The second-order valence-electron chi connectivity index (χ2n) is 3.92. The van der Waals surface area contributed by atoms with Gasteiger partial charge in [-0.1, -0.05) is 12.1 Å². The standard InChI is InChI=1S/C10H14F3N3O2/c1-3-7(15-18)6-9(17,10(11,12)13)8-14-4-5-16(8)2/h4-5,17-18H,3,6H2,1-2H3. The van der Waals surface area contributed by atoms with E-state index in [1.165, 1.54) is 20.2 Å². The van der Waals surface area contributed by atoms with Crippen molar-refractivity contribution in [2.24, 2.45) is 12.2 Å². The van der Waals surface area contributed by atoms with E-state index in [4.69, 9.17) is 5.21 Å². The van der Waals surface area contributed by atoms with Gasteiger partial charge in [-0.3, -0.25) is 0 Å². The first kappa shape index (κ1) is 14.5. The molecule has 102 valence electrons. The lowest BCUT2D eigenvalue weighted by Gasteiger charge is -2.29. The summed E-state index contributed by atoms with van der Waals surface area (Å²) >= 11 is 0. The van der Waals surface area contributed by atoms with Crippen LogP contribution in [0, 0.1) is 0 Å². The van der Waals surface area contributed by atoms with Crippen molar-refractivity contribution in [3.8, 4) is 0 Å². The normalized spacial score (nSPS) is 16.7. The van der Waals surface area contributed by atoms with Crippen molar-refractivity contribution in [1.82, 2.24) is 9.55 Å². The minimum atomic E-state index is -4.92. The minimum absolute atomic E-state index is 0.0965. The second-order valence-corrected chi connectivity index (χ2v) is 3.92. The largest absolute Gasteiger partial charge is 0.424 e. The third kappa shape index (κ3) is 2.47. The Balaban J connectivity index is 3.25. The van der Waals surface area contributed by atoms with Crippen LogP contribution in [0.5, 0.6) is 0 Å². The van der Waals surface area contributed by atoms with Crippen molar-refractivity contribution < 1.29 is 23.5 Å². The molecule has 1 aromatic rings. The van der Waals surface area contributed by atoms with Gasteiger partial charge in [-0.15, -0.1) is 0 Å². The fourth-order valence-electron chi connectivity index (χ4n) is 1.60. The van der Waals surface area contributed by atoms with Crippen molar-refractivity contribution in [3.05, 3.63) is 18.2 Å². The van der Waals surface area contributed by atoms with Gasteiger partial charge in [0.25, 0.3) is 0 Å². The molecule has 0 saturated carbocycles. The zero-order valence-corrected chi connectivity index (χ0v) is 9.94. The van der Waals surface area contributed by atoms with Crippen molar-refractivity contribution in [1.29, 1.82) is 0 Å². The zero-order chi connectivity index (χ0) is 14.0. The molecule has 0 aliphatic rings. The number of oxime groups is 1. The Kier molecular flexibility index (Phi) is 4.00. The number of aryl methyl sites for hydroxylation is 1. The first-order chi connectivity index (χ1) is 8.26. The average Bonchev–Trinajstić information content (AvgIpc) is 2.71. The summed E-state index contributed by atoms with van der Waals surface area (Å²) in [6.45, 7) is 1.53. The molecule has 0 aliphatic heterocycles. The summed E-state index contributed by atoms with van der Waals surface area (Å²) in [4.78, 5) is 3.53. The van der Waals surface area contributed by atoms with E-state index in [0.717, 1.165) is 10.8 Å². The summed E-state index contributed by atoms with van der Waals surface area (Å²) in [6.07, 6.45) is -3.22. The van der Waals surface area contributed by atoms with Crippen LogP contribution in [0.25, 0.3) is 0 Å². The molecule has 2 N–H and O–H groups in total. The van der Waals surface area contributed by atoms with E-state index >= 15 is 0 Å². The number of rotatable bonds is 4. The zero-order valence-electron chi connectivity index (χ0n) is 9.94. The fraction of sp³-hybridized carbons (Fsp3) is 0.600. The van der Waals surface area contributed by atoms with Crippen molar-refractivity contribution in [2.45, 2.75) is 31.5 Å². The Morgan fingerprint density at radius 2 is 2.11 bits per heavy atom. The van der Waals surface area contributed by atoms with Crippen LogP contribution in [0.1, 0.15) is 25.6 Å². The number of halogens is 3. The van der Waals surface area contributed by atoms with E-state index in [2.05, 4.69) is 10.1 Å². The van der Waals surface area contributed by atoms with Crippen molar-refractivity contribution in [3.63, 3.8) is 0 Å². The number of aliphatic hydroxyl groups is 1. The van der Waals surface area contributed by atoms with E-state index < -0.39 is 24.0 Å². The topological polar surface area (TPSA) is 70.6 Å². The lowest BCUT2D eigenvalue weighted by atomic mass is 9.93. The Morgan fingerprint density at radius 3 is 2.44 bits per heavy atom. The quantitative estimate of drug-likeness (QED) is 0.495. The monoisotopic (exact) mass is 265 g/mol. The van der Waals surface area contributed by atoms with Gasteiger partial charge in [-0.2, -0.15) is 13.2 Å². The molecule has 0 spiro atoms. The molecular formula is C10H14F3N3O2. The highest BCUT2D eigenvalue weighted by Crippen LogP contribution is 2.41. The Labute approximate surface area is 102 Å². The molecule has 0 fully saturated rings. The van der Waals surface area contributed by atoms with Gasteiger partial charge in [0.1, 0.15) is 5.82 Å². The molecule has 8 heteroatoms. The number of nitrogens with zero attached hydrogens (tertiary/aromatic N) is 3. The van der Waals surface area contributed by atoms with E-state index in [9.17, 15) is 18.3 Å². The maximum Gasteiger partial charge on any atom is 0.424 e. The lowest BCUT2D eigenvalue weighted by Crippen LogP contribution is -2.46. The summed E-state index contributed by atoms with van der Waals surface area (Å²) < 4.78 is 40.2. The number of hydrogen-bond acceptors (Lipinski definition) is 4. The van der Waals surface area contributed by atoms with Gasteiger partial charge < -0.3 is 14.9 Å². The van der Waals surface area contributed by atoms with Crippen LogP contribution < -0.4 is 0 Å². The van der Waals surface area contributed by atoms with Crippen LogP contribution in [0.4, 0.5) is 13.2 Å². The summed E-state index contributed by atoms with van der Waals surface area (Å²) in [5, 5.41) is 21.3. The summed E-state index contributed by atoms with van der Waals surface area (Å²) in [6, 6.07) is 0. The molecule has 0 saturated heterocycles. The molecule has 0 radical (unpaired) electrons. The molecule has 1 heterocycles. The highest BCUT2D eigenvalue weighted by Gasteiger charge is 2.57. The van der Waals surface area contributed by atoms with E-state index in [-0.39, 0.29) is 12.1 Å². The molecule has 5 nitrogen and oxygen atoms in total. The van der Waals surface area contributed by atoms with Crippen molar-refractivity contribution in [2.75, 3.05) is 0 Å². The van der Waals surface area contributed by atoms with Crippen molar-refractivity contribution >= 4 is 5.71 Å². The summed E-state index contributed by atoms with van der Waals surface area (Å²) in [5.74, 6) is -0.537. The molecule has 1 rings (SSSR count). The first-order valence-electron chi connectivity index (χ1n) is 5.23. The Hall–Kier alpha value is -1.57. The number of alkyl halides is 3. The van der Waals surface area contributed by atoms with Gasteiger partial charge in [0, 0.05) is 25.9 Å². The SMILES string of the molecule is CCC(CC(O)(c1nccn1C)C(F)(F)F)=NO. The van der Waals surface area contributed by atoms with Crippen LogP contribution in [-0.2, 0) is 12.6 Å². The smallest absolute Gasteiger partial charge is 0.411 e. The van der Waals surface area contributed by atoms with Crippen LogP contribution in [-0.4, -0.2) is 31.8 Å². The predicted octanol–water partition coefficient (Wildman–Crippen LogP) is 1.80. The van der Waals surface area contributed by atoms with Crippen LogP contribution in [0.15, 0.2) is 17.5 Å². The average molecular weight is 265 g/mol. The molecule has 0 aromatic carbocycles. The molecule has 0 aliphatic carbocycles. The molecule has 0 amide bonds. The highest BCUT2D eigenvalue weighted by molar-refractivity contribution is 5.84. The van der Waals surface area contributed by atoms with Gasteiger partial charge in [-0.05, 0) is 6.42 Å². The maximum atomic E-state index is 13.0. The lowest BCUT2D eigenvalue weighted by molar-refractivity contribution is -0.267. The van der Waals surface area contributed by atoms with E-state index in [1.807, 2.05) is 0 Å². The molecule has 18 heavy (non-hydrogen) atoms. The van der Waals surface area contributed by atoms with Gasteiger partial charge >= 0.3 is 6.18 Å². The first-order valence-corrected chi connectivity index (χ1v) is 5.23. The molecule has 1 atom stereocenters. The maximum absolute atomic E-state index is 13.0. The number of hydrogen-bond donors (Lipinski definition) is 2. The number of imidazole rings is 1. The van der Waals surface area contributed by atoms with Gasteiger partial charge in [-0.25, -0.2) is 4.98 Å². The van der Waals surface area contributed by atoms with Gasteiger partial charge in [0.15, 0.2) is 0 Å². The fourth-order valence-corrected chi connectivity index (χ4v) is 1.60. The number of aromatic nitrogens is 2. The van der Waals surface area contributed by atoms with Gasteiger partial charge in [0.2, 0.25) is 5.60 Å². The predicted molar refractivity (Wildman–Crippen MR) is 57.3 cm³/mol. The second kappa shape index (κ2) is 4.97. The summed E-state index contributed by atoms with van der Waals surface area (Å²) in [5.41, 5.74) is -3.32. The van der Waals surface area contributed by atoms with E-state index in [1.54, 1.807) is 0 Å². The molecule has 0 bridgehead atoms.